The Morgan fingerprint density at radius 2 is 1.67 bits per heavy atom. The maximum absolute atomic E-state index is 9.74. The minimum absolute atomic E-state index is 0.460. The molecular weight excluding hydrogens is 240 g/mol. The van der Waals surface area contributed by atoms with Crippen LogP contribution in [0.15, 0.2) is 30.3 Å². The first-order valence-corrected chi connectivity index (χ1v) is 5.65. The van der Waals surface area contributed by atoms with Crippen LogP contribution >= 0.6 is 0 Å². The number of rotatable bonds is 3. The summed E-state index contributed by atoms with van der Waals surface area (Å²) in [6.45, 7) is -0.473. The van der Waals surface area contributed by atoms with E-state index in [1.807, 2.05) is 0 Å². The van der Waals surface area contributed by atoms with Crippen molar-refractivity contribution in [2.45, 2.75) is 30.7 Å². The number of aliphatic hydroxyl groups is 4. The molecule has 1 aliphatic heterocycles. The van der Waals surface area contributed by atoms with Crippen LogP contribution in [0.2, 0.25) is 0 Å². The zero-order chi connectivity index (χ0) is 13.1. The largest absolute Gasteiger partial charge is 0.462 e. The van der Waals surface area contributed by atoms with Crippen LogP contribution in [0.1, 0.15) is 0 Å². The highest BCUT2D eigenvalue weighted by atomic mass is 16.7. The van der Waals surface area contributed by atoms with Crippen LogP contribution in [0.3, 0.4) is 0 Å². The second-order valence-electron chi connectivity index (χ2n) is 4.13. The summed E-state index contributed by atoms with van der Waals surface area (Å²) in [6, 6.07) is 8.64. The topological polar surface area (TPSA) is 99.4 Å². The van der Waals surface area contributed by atoms with Gasteiger partial charge in [-0.05, 0) is 12.1 Å². The highest BCUT2D eigenvalue weighted by Crippen LogP contribution is 2.23. The molecule has 1 fully saturated rings. The van der Waals surface area contributed by atoms with E-state index in [0.717, 1.165) is 0 Å². The van der Waals surface area contributed by atoms with Gasteiger partial charge in [-0.1, -0.05) is 18.2 Å². The van der Waals surface area contributed by atoms with E-state index in [-0.39, 0.29) is 0 Å². The molecule has 0 saturated carbocycles. The van der Waals surface area contributed by atoms with Crippen molar-refractivity contribution in [3.63, 3.8) is 0 Å². The van der Waals surface area contributed by atoms with E-state index < -0.39 is 37.3 Å². The molecule has 6 heteroatoms. The van der Waals surface area contributed by atoms with Crippen molar-refractivity contribution in [3.8, 4) is 5.75 Å². The summed E-state index contributed by atoms with van der Waals surface area (Å²) in [7, 11) is 0. The predicted octanol–water partition coefficient (Wildman–Crippen LogP) is -1.13. The van der Waals surface area contributed by atoms with Gasteiger partial charge in [0.1, 0.15) is 30.2 Å². The monoisotopic (exact) mass is 256 g/mol. The fraction of sp³-hybridized carbons (Fsp3) is 0.500. The number of hydrogen-bond donors (Lipinski definition) is 4. The van der Waals surface area contributed by atoms with Gasteiger partial charge in [0.05, 0.1) is 6.61 Å². The maximum Gasteiger partial charge on any atom is 0.229 e. The van der Waals surface area contributed by atoms with E-state index in [1.54, 1.807) is 30.3 Å². The van der Waals surface area contributed by atoms with Gasteiger partial charge in [0.2, 0.25) is 6.29 Å². The van der Waals surface area contributed by atoms with E-state index in [4.69, 9.17) is 14.6 Å². The molecule has 100 valence electrons. The van der Waals surface area contributed by atoms with E-state index in [0.29, 0.717) is 5.75 Å². The van der Waals surface area contributed by atoms with Gasteiger partial charge in [-0.2, -0.15) is 0 Å². The Kier molecular flexibility index (Phi) is 4.15. The molecular formula is C12H16O6. The van der Waals surface area contributed by atoms with Gasteiger partial charge in [0.15, 0.2) is 0 Å². The van der Waals surface area contributed by atoms with Crippen molar-refractivity contribution >= 4 is 0 Å². The average molecular weight is 256 g/mol. The number of hydrogen-bond acceptors (Lipinski definition) is 6. The minimum Gasteiger partial charge on any atom is -0.462 e. The summed E-state index contributed by atoms with van der Waals surface area (Å²) < 4.78 is 10.6. The normalized spacial score (nSPS) is 36.3. The van der Waals surface area contributed by atoms with Crippen LogP contribution in [-0.2, 0) is 4.74 Å². The van der Waals surface area contributed by atoms with Gasteiger partial charge >= 0.3 is 0 Å². The van der Waals surface area contributed by atoms with Crippen LogP contribution < -0.4 is 4.74 Å². The molecule has 1 aromatic carbocycles. The van der Waals surface area contributed by atoms with Crippen LogP contribution in [-0.4, -0.2) is 57.7 Å². The molecule has 1 heterocycles. The maximum atomic E-state index is 9.74. The molecule has 0 radical (unpaired) electrons. The van der Waals surface area contributed by atoms with E-state index in [9.17, 15) is 15.3 Å². The molecule has 0 aromatic heterocycles. The standard InChI is InChI=1S/C12H16O6/c13-6-8-9(14)10(15)11(16)12(18-8)17-7-4-2-1-3-5-7/h1-5,8-16H,6H2/t8?,9-,10-,11?,12-/m0/s1. The minimum atomic E-state index is -1.43. The number of aliphatic hydroxyl groups excluding tert-OH is 4. The third kappa shape index (κ3) is 2.63. The molecule has 0 bridgehead atoms. The SMILES string of the molecule is OCC1O[C@H](Oc2ccccc2)C(O)[C@@H](O)[C@H]1O. The third-order valence-corrected chi connectivity index (χ3v) is 2.84. The Labute approximate surface area is 104 Å². The molecule has 0 amide bonds. The second-order valence-corrected chi connectivity index (χ2v) is 4.13. The molecule has 1 saturated heterocycles. The van der Waals surface area contributed by atoms with Crippen LogP contribution in [0.25, 0.3) is 0 Å². The van der Waals surface area contributed by atoms with Crippen molar-refractivity contribution in [2.75, 3.05) is 6.61 Å². The number of benzene rings is 1. The van der Waals surface area contributed by atoms with Crippen LogP contribution in [0.4, 0.5) is 0 Å². The van der Waals surface area contributed by atoms with E-state index in [2.05, 4.69) is 0 Å². The van der Waals surface area contributed by atoms with Gasteiger partial charge in [-0.3, -0.25) is 0 Å². The summed E-state index contributed by atoms with van der Waals surface area (Å²) in [6.07, 6.45) is -6.28. The predicted molar refractivity (Wildman–Crippen MR) is 60.8 cm³/mol. The molecule has 2 rings (SSSR count). The Balaban J connectivity index is 2.08. The number of ether oxygens (including phenoxy) is 2. The molecule has 0 aliphatic carbocycles. The first-order valence-electron chi connectivity index (χ1n) is 5.65. The molecule has 1 aromatic rings. The number of para-hydroxylation sites is 1. The smallest absolute Gasteiger partial charge is 0.229 e. The Morgan fingerprint density at radius 1 is 1.00 bits per heavy atom. The van der Waals surface area contributed by atoms with Gasteiger partial charge < -0.3 is 29.9 Å². The summed E-state index contributed by atoms with van der Waals surface area (Å²) in [4.78, 5) is 0. The van der Waals surface area contributed by atoms with Crippen molar-refractivity contribution in [1.29, 1.82) is 0 Å². The van der Waals surface area contributed by atoms with Gasteiger partial charge in [0.25, 0.3) is 0 Å². The summed E-state index contributed by atoms with van der Waals surface area (Å²) in [5.41, 5.74) is 0. The van der Waals surface area contributed by atoms with Crippen molar-refractivity contribution in [1.82, 2.24) is 0 Å². The van der Waals surface area contributed by atoms with Crippen molar-refractivity contribution < 1.29 is 29.9 Å². The zero-order valence-electron chi connectivity index (χ0n) is 9.59. The lowest BCUT2D eigenvalue weighted by atomic mass is 9.99. The first kappa shape index (κ1) is 13.3. The summed E-state index contributed by atoms with van der Waals surface area (Å²) in [5.74, 6) is 0.460. The van der Waals surface area contributed by atoms with Crippen LogP contribution in [0.5, 0.6) is 5.75 Å². The molecule has 6 nitrogen and oxygen atoms in total. The first-order chi connectivity index (χ1) is 8.63. The van der Waals surface area contributed by atoms with Crippen molar-refractivity contribution in [3.05, 3.63) is 30.3 Å². The molecule has 2 unspecified atom stereocenters. The summed E-state index contributed by atoms with van der Waals surface area (Å²) >= 11 is 0. The van der Waals surface area contributed by atoms with Crippen molar-refractivity contribution in [2.24, 2.45) is 0 Å². The van der Waals surface area contributed by atoms with Gasteiger partial charge in [-0.25, -0.2) is 0 Å². The second kappa shape index (κ2) is 5.64. The van der Waals surface area contributed by atoms with E-state index >= 15 is 0 Å². The van der Waals surface area contributed by atoms with Gasteiger partial charge in [0, 0.05) is 0 Å². The molecule has 4 N–H and O–H groups in total. The Hall–Kier alpha value is -1.18. The fourth-order valence-electron chi connectivity index (χ4n) is 1.80. The highest BCUT2D eigenvalue weighted by molar-refractivity contribution is 5.21. The summed E-state index contributed by atoms with van der Waals surface area (Å²) in [5, 5.41) is 37.9. The molecule has 5 atom stereocenters. The quantitative estimate of drug-likeness (QED) is 0.546. The Morgan fingerprint density at radius 3 is 2.28 bits per heavy atom. The van der Waals surface area contributed by atoms with Gasteiger partial charge in [-0.15, -0.1) is 0 Å². The fourth-order valence-corrected chi connectivity index (χ4v) is 1.80. The lowest BCUT2D eigenvalue weighted by molar-refractivity contribution is -0.277. The molecule has 18 heavy (non-hydrogen) atoms. The third-order valence-electron chi connectivity index (χ3n) is 2.84. The average Bonchev–Trinajstić information content (AvgIpc) is 2.40. The van der Waals surface area contributed by atoms with Crippen LogP contribution in [0, 0.1) is 0 Å². The molecule has 1 aliphatic rings. The lowest BCUT2D eigenvalue weighted by Gasteiger charge is -2.39. The zero-order valence-corrected chi connectivity index (χ0v) is 9.59. The Bertz CT molecular complexity index is 368. The van der Waals surface area contributed by atoms with E-state index in [1.165, 1.54) is 0 Å². The highest BCUT2D eigenvalue weighted by Gasteiger charge is 2.44. The molecule has 0 spiro atoms. The lowest BCUT2D eigenvalue weighted by Crippen LogP contribution is -2.60.